The van der Waals surface area contributed by atoms with Gasteiger partial charge in [-0.05, 0) is 14.0 Å². The first-order valence-electron chi connectivity index (χ1n) is 2.96. The van der Waals surface area contributed by atoms with Crippen LogP contribution in [0.25, 0.3) is 0 Å². The molecule has 47 valence electrons. The van der Waals surface area contributed by atoms with E-state index < -0.39 is 0 Å². The summed E-state index contributed by atoms with van der Waals surface area (Å²) >= 11 is 0. The molecular weight excluding hydrogens is 102 g/mol. The summed E-state index contributed by atoms with van der Waals surface area (Å²) in [7, 11) is 2.07. The van der Waals surface area contributed by atoms with E-state index >= 15 is 0 Å². The van der Waals surface area contributed by atoms with Gasteiger partial charge in [0.2, 0.25) is 0 Å². The summed E-state index contributed by atoms with van der Waals surface area (Å²) < 4.78 is 5.25. The molecule has 0 spiro atoms. The minimum Gasteiger partial charge on any atom is -0.375 e. The first kappa shape index (κ1) is 6.05. The molecule has 1 atom stereocenters. The smallest absolute Gasteiger partial charge is 0.0718 e. The zero-order chi connectivity index (χ0) is 5.98. The van der Waals surface area contributed by atoms with Gasteiger partial charge in [0.15, 0.2) is 0 Å². The lowest BCUT2D eigenvalue weighted by Crippen LogP contribution is -2.33. The van der Waals surface area contributed by atoms with E-state index in [1.807, 2.05) is 0 Å². The lowest BCUT2D eigenvalue weighted by Gasteiger charge is -2.26. The molecule has 0 bridgehead atoms. The van der Waals surface area contributed by atoms with Gasteiger partial charge in [0.1, 0.15) is 0 Å². The number of hydrogen-bond donors (Lipinski definition) is 0. The van der Waals surface area contributed by atoms with Crippen molar-refractivity contribution in [1.29, 1.82) is 0 Å². The third-order valence-electron chi connectivity index (χ3n) is 1.29. The molecule has 0 aromatic carbocycles. The standard InChI is InChI=1S/C6H12NO/c1-6-5-7(2)3-4-8-6/h5-6H,3-4H2,1-2H3. The molecule has 0 amide bonds. The van der Waals surface area contributed by atoms with Crippen LogP contribution in [0.1, 0.15) is 6.92 Å². The average Bonchev–Trinajstić information content (AvgIpc) is 1.64. The molecule has 1 fully saturated rings. The largest absolute Gasteiger partial charge is 0.375 e. The van der Waals surface area contributed by atoms with E-state index in [0.717, 1.165) is 13.2 Å². The number of nitrogens with zero attached hydrogens (tertiary/aromatic N) is 1. The van der Waals surface area contributed by atoms with Gasteiger partial charge in [-0.15, -0.1) is 0 Å². The zero-order valence-corrected chi connectivity index (χ0v) is 5.42. The Bertz CT molecular complexity index is 66.9. The summed E-state index contributed by atoms with van der Waals surface area (Å²) in [4.78, 5) is 2.16. The van der Waals surface area contributed by atoms with Crippen molar-refractivity contribution < 1.29 is 4.74 Å². The Morgan fingerprint density at radius 2 is 2.50 bits per heavy atom. The Kier molecular flexibility index (Phi) is 1.86. The van der Waals surface area contributed by atoms with Crippen molar-refractivity contribution in [1.82, 2.24) is 4.90 Å². The molecule has 1 aliphatic heterocycles. The van der Waals surface area contributed by atoms with E-state index in [4.69, 9.17) is 4.74 Å². The normalized spacial score (nSPS) is 33.0. The predicted molar refractivity (Wildman–Crippen MR) is 32.3 cm³/mol. The van der Waals surface area contributed by atoms with E-state index in [-0.39, 0.29) is 0 Å². The van der Waals surface area contributed by atoms with Crippen molar-refractivity contribution in [2.24, 2.45) is 0 Å². The summed E-state index contributed by atoms with van der Waals surface area (Å²) in [6.45, 7) is 6.04. The molecule has 1 heterocycles. The van der Waals surface area contributed by atoms with E-state index in [0.29, 0.717) is 6.10 Å². The van der Waals surface area contributed by atoms with Crippen LogP contribution in [0.15, 0.2) is 0 Å². The highest BCUT2D eigenvalue weighted by atomic mass is 16.5. The summed E-state index contributed by atoms with van der Waals surface area (Å²) in [5, 5.41) is 0. The molecule has 1 rings (SSSR count). The summed E-state index contributed by atoms with van der Waals surface area (Å²) in [6.07, 6.45) is 0.314. The third-order valence-corrected chi connectivity index (χ3v) is 1.29. The molecule has 0 N–H and O–H groups in total. The first-order valence-corrected chi connectivity index (χ1v) is 2.96. The maximum absolute atomic E-state index is 5.25. The van der Waals surface area contributed by atoms with Gasteiger partial charge < -0.3 is 4.74 Å². The molecule has 0 aromatic heterocycles. The molecule has 2 nitrogen and oxygen atoms in total. The topological polar surface area (TPSA) is 12.5 Å². The first-order chi connectivity index (χ1) is 3.79. The van der Waals surface area contributed by atoms with E-state index in [9.17, 15) is 0 Å². The highest BCUT2D eigenvalue weighted by Crippen LogP contribution is 2.04. The summed E-state index contributed by atoms with van der Waals surface area (Å²) in [5.41, 5.74) is 0. The van der Waals surface area contributed by atoms with Crippen molar-refractivity contribution in [2.45, 2.75) is 13.0 Å². The van der Waals surface area contributed by atoms with Crippen molar-refractivity contribution in [3.8, 4) is 0 Å². The van der Waals surface area contributed by atoms with Crippen LogP contribution in [0.3, 0.4) is 0 Å². The van der Waals surface area contributed by atoms with Gasteiger partial charge in [-0.3, -0.25) is 4.90 Å². The number of rotatable bonds is 0. The van der Waals surface area contributed by atoms with Crippen LogP contribution < -0.4 is 0 Å². The Hall–Kier alpha value is -0.0800. The number of hydrogen-bond acceptors (Lipinski definition) is 2. The van der Waals surface area contributed by atoms with Gasteiger partial charge in [-0.25, -0.2) is 0 Å². The van der Waals surface area contributed by atoms with Gasteiger partial charge in [0.25, 0.3) is 0 Å². The van der Waals surface area contributed by atoms with Crippen molar-refractivity contribution in [3.05, 3.63) is 6.54 Å². The highest BCUT2D eigenvalue weighted by Gasteiger charge is 2.11. The molecule has 1 unspecified atom stereocenters. The van der Waals surface area contributed by atoms with Gasteiger partial charge >= 0.3 is 0 Å². The highest BCUT2D eigenvalue weighted by molar-refractivity contribution is 4.75. The quantitative estimate of drug-likeness (QED) is 0.454. The number of ether oxygens (including phenoxy) is 1. The molecule has 0 aromatic rings. The molecule has 0 saturated carbocycles. The van der Waals surface area contributed by atoms with E-state index in [1.165, 1.54) is 0 Å². The molecule has 1 radical (unpaired) electrons. The van der Waals surface area contributed by atoms with Crippen LogP contribution in [-0.4, -0.2) is 31.2 Å². The maximum atomic E-state index is 5.25. The predicted octanol–water partition coefficient (Wildman–Crippen LogP) is 0.499. The Balaban J connectivity index is 2.23. The molecule has 1 aliphatic rings. The fraction of sp³-hybridized carbons (Fsp3) is 0.833. The Morgan fingerprint density at radius 1 is 1.75 bits per heavy atom. The Labute approximate surface area is 50.4 Å². The van der Waals surface area contributed by atoms with Gasteiger partial charge in [0.05, 0.1) is 19.3 Å². The summed E-state index contributed by atoms with van der Waals surface area (Å²) in [6, 6.07) is 0. The second kappa shape index (κ2) is 2.46. The fourth-order valence-corrected chi connectivity index (χ4v) is 0.859. The monoisotopic (exact) mass is 114 g/mol. The third kappa shape index (κ3) is 1.46. The lowest BCUT2D eigenvalue weighted by atomic mass is 10.3. The molecular formula is C6H12NO. The van der Waals surface area contributed by atoms with Crippen LogP contribution in [0.2, 0.25) is 0 Å². The molecule has 8 heavy (non-hydrogen) atoms. The van der Waals surface area contributed by atoms with Crippen molar-refractivity contribution in [3.63, 3.8) is 0 Å². The van der Waals surface area contributed by atoms with Gasteiger partial charge in [-0.2, -0.15) is 0 Å². The van der Waals surface area contributed by atoms with Gasteiger partial charge in [-0.1, -0.05) is 0 Å². The lowest BCUT2D eigenvalue weighted by molar-refractivity contribution is 0.0206. The van der Waals surface area contributed by atoms with Crippen molar-refractivity contribution >= 4 is 0 Å². The fourth-order valence-electron chi connectivity index (χ4n) is 0.859. The SMILES string of the molecule is CC1[CH]N(C)CCO1. The second-order valence-electron chi connectivity index (χ2n) is 2.21. The van der Waals surface area contributed by atoms with E-state index in [1.54, 1.807) is 0 Å². The minimum atomic E-state index is 0.314. The van der Waals surface area contributed by atoms with Crippen LogP contribution in [0, 0.1) is 6.54 Å². The minimum absolute atomic E-state index is 0.314. The molecule has 0 aliphatic carbocycles. The molecule has 1 saturated heterocycles. The van der Waals surface area contributed by atoms with Crippen LogP contribution in [0.4, 0.5) is 0 Å². The molecule has 2 heteroatoms. The van der Waals surface area contributed by atoms with Crippen LogP contribution in [-0.2, 0) is 4.74 Å². The van der Waals surface area contributed by atoms with E-state index in [2.05, 4.69) is 25.4 Å². The van der Waals surface area contributed by atoms with Crippen molar-refractivity contribution in [2.75, 3.05) is 20.2 Å². The maximum Gasteiger partial charge on any atom is 0.0718 e. The van der Waals surface area contributed by atoms with Crippen LogP contribution in [0.5, 0.6) is 0 Å². The number of morpholine rings is 1. The zero-order valence-electron chi connectivity index (χ0n) is 5.42. The van der Waals surface area contributed by atoms with Crippen LogP contribution >= 0.6 is 0 Å². The van der Waals surface area contributed by atoms with Gasteiger partial charge in [0, 0.05) is 6.54 Å². The average molecular weight is 114 g/mol. The summed E-state index contributed by atoms with van der Waals surface area (Å²) in [5.74, 6) is 0. The number of likely N-dealkylation sites (N-methyl/N-ethyl adjacent to an activating group) is 1. The Morgan fingerprint density at radius 3 is 2.88 bits per heavy atom. The second-order valence-corrected chi connectivity index (χ2v) is 2.21.